The normalized spacial score (nSPS) is 23.6. The van der Waals surface area contributed by atoms with Crippen LogP contribution < -0.4 is 10.6 Å². The number of rotatable bonds is 7. The van der Waals surface area contributed by atoms with Gasteiger partial charge in [0, 0.05) is 13.0 Å². The van der Waals surface area contributed by atoms with E-state index in [2.05, 4.69) is 31.4 Å². The molecule has 1 heterocycles. The van der Waals surface area contributed by atoms with Crippen LogP contribution in [0.1, 0.15) is 59.3 Å². The van der Waals surface area contributed by atoms with Crippen LogP contribution in [0.3, 0.4) is 0 Å². The Balaban J connectivity index is 1.67. The van der Waals surface area contributed by atoms with Crippen LogP contribution in [0.4, 0.5) is 0 Å². The van der Waals surface area contributed by atoms with Gasteiger partial charge in [-0.2, -0.15) is 0 Å². The van der Waals surface area contributed by atoms with Gasteiger partial charge in [0.2, 0.25) is 5.91 Å². The maximum Gasteiger partial charge on any atom is 0.220 e. The van der Waals surface area contributed by atoms with E-state index in [9.17, 15) is 4.79 Å². The zero-order valence-corrected chi connectivity index (χ0v) is 13.5. The molecular weight excluding hydrogens is 248 g/mol. The molecule has 2 N–H and O–H groups in total. The topological polar surface area (TPSA) is 41.1 Å². The van der Waals surface area contributed by atoms with Gasteiger partial charge in [-0.05, 0) is 68.4 Å². The molecule has 1 amide bonds. The zero-order chi connectivity index (χ0) is 14.6. The zero-order valence-electron chi connectivity index (χ0n) is 13.5. The second-order valence-corrected chi connectivity index (χ2v) is 7.64. The Hall–Kier alpha value is -0.570. The van der Waals surface area contributed by atoms with E-state index in [-0.39, 0.29) is 5.91 Å². The molecule has 2 rings (SSSR count). The summed E-state index contributed by atoms with van der Waals surface area (Å²) in [6, 6.07) is 0. The molecule has 0 spiro atoms. The van der Waals surface area contributed by atoms with Crippen molar-refractivity contribution in [3.63, 3.8) is 0 Å². The van der Waals surface area contributed by atoms with E-state index in [1.54, 1.807) is 0 Å². The molecule has 2 fully saturated rings. The van der Waals surface area contributed by atoms with Crippen LogP contribution in [-0.4, -0.2) is 25.5 Å². The predicted molar refractivity (Wildman–Crippen MR) is 83.5 cm³/mol. The van der Waals surface area contributed by atoms with Crippen molar-refractivity contribution >= 4 is 5.91 Å². The van der Waals surface area contributed by atoms with E-state index < -0.39 is 0 Å². The van der Waals surface area contributed by atoms with Crippen molar-refractivity contribution < 1.29 is 4.79 Å². The lowest BCUT2D eigenvalue weighted by atomic mass is 9.84. The van der Waals surface area contributed by atoms with Crippen molar-refractivity contribution in [1.29, 1.82) is 0 Å². The summed E-state index contributed by atoms with van der Waals surface area (Å²) in [4.78, 5) is 12.1. The number of carbonyl (C=O) groups excluding carboxylic acids is 1. The first-order valence-corrected chi connectivity index (χ1v) is 8.48. The van der Waals surface area contributed by atoms with E-state index >= 15 is 0 Å². The molecule has 1 saturated heterocycles. The molecular formula is C17H32N2O. The van der Waals surface area contributed by atoms with E-state index in [0.717, 1.165) is 31.5 Å². The maximum absolute atomic E-state index is 12.1. The van der Waals surface area contributed by atoms with Crippen LogP contribution in [0.2, 0.25) is 0 Å². The second-order valence-electron chi connectivity index (χ2n) is 7.64. The Kier molecular flexibility index (Phi) is 5.48. The molecule has 3 heteroatoms. The molecule has 3 nitrogen and oxygen atoms in total. The minimum Gasteiger partial charge on any atom is -0.356 e. The molecule has 20 heavy (non-hydrogen) atoms. The van der Waals surface area contributed by atoms with Crippen molar-refractivity contribution in [3.8, 4) is 0 Å². The first-order valence-electron chi connectivity index (χ1n) is 8.48. The predicted octanol–water partition coefficient (Wildman–Crippen LogP) is 2.95. The molecule has 1 aliphatic heterocycles. The number of piperidine rings is 1. The molecule has 0 aromatic heterocycles. The molecule has 0 radical (unpaired) electrons. The van der Waals surface area contributed by atoms with Gasteiger partial charge in [-0.15, -0.1) is 0 Å². The highest BCUT2D eigenvalue weighted by atomic mass is 16.1. The molecule has 2 aliphatic rings. The third kappa shape index (κ3) is 4.76. The molecule has 0 bridgehead atoms. The largest absolute Gasteiger partial charge is 0.356 e. The Bertz CT molecular complexity index is 317. The van der Waals surface area contributed by atoms with Gasteiger partial charge in [0.1, 0.15) is 0 Å². The minimum atomic E-state index is 0.270. The molecule has 1 unspecified atom stereocenters. The molecule has 1 atom stereocenters. The standard InChI is InChI=1S/C17H32N2O/c1-13(2)11-17(6-7-17)12-19-16(20)10-14(3)15-4-8-18-9-5-15/h13-15,18H,4-12H2,1-3H3,(H,19,20). The monoisotopic (exact) mass is 280 g/mol. The Morgan fingerprint density at radius 3 is 2.45 bits per heavy atom. The van der Waals surface area contributed by atoms with Crippen LogP contribution in [0.15, 0.2) is 0 Å². The Morgan fingerprint density at radius 1 is 1.25 bits per heavy atom. The summed E-state index contributed by atoms with van der Waals surface area (Å²) in [6.45, 7) is 9.95. The lowest BCUT2D eigenvalue weighted by Crippen LogP contribution is -2.35. The van der Waals surface area contributed by atoms with Gasteiger partial charge in [0.25, 0.3) is 0 Å². The van der Waals surface area contributed by atoms with E-state index in [0.29, 0.717) is 17.8 Å². The summed E-state index contributed by atoms with van der Waals surface area (Å²) < 4.78 is 0. The molecule has 0 aromatic carbocycles. The first-order chi connectivity index (χ1) is 9.51. The highest BCUT2D eigenvalue weighted by molar-refractivity contribution is 5.76. The average molecular weight is 280 g/mol. The Morgan fingerprint density at radius 2 is 1.90 bits per heavy atom. The van der Waals surface area contributed by atoms with Crippen LogP contribution in [0.25, 0.3) is 0 Å². The minimum absolute atomic E-state index is 0.270. The highest BCUT2D eigenvalue weighted by Gasteiger charge is 2.42. The summed E-state index contributed by atoms with van der Waals surface area (Å²) >= 11 is 0. The van der Waals surface area contributed by atoms with Crippen molar-refractivity contribution in [2.75, 3.05) is 19.6 Å². The molecule has 116 valence electrons. The fraction of sp³-hybridized carbons (Fsp3) is 0.941. The van der Waals surface area contributed by atoms with Crippen LogP contribution in [0, 0.1) is 23.2 Å². The van der Waals surface area contributed by atoms with Gasteiger partial charge in [-0.25, -0.2) is 0 Å². The highest BCUT2D eigenvalue weighted by Crippen LogP contribution is 2.50. The quantitative estimate of drug-likeness (QED) is 0.753. The third-order valence-corrected chi connectivity index (χ3v) is 5.15. The number of hydrogen-bond acceptors (Lipinski definition) is 2. The number of hydrogen-bond donors (Lipinski definition) is 2. The lowest BCUT2D eigenvalue weighted by molar-refractivity contribution is -0.122. The van der Waals surface area contributed by atoms with Gasteiger partial charge in [0.15, 0.2) is 0 Å². The molecule has 1 aliphatic carbocycles. The van der Waals surface area contributed by atoms with Crippen LogP contribution >= 0.6 is 0 Å². The Labute approximate surface area is 124 Å². The summed E-state index contributed by atoms with van der Waals surface area (Å²) in [7, 11) is 0. The van der Waals surface area contributed by atoms with Gasteiger partial charge >= 0.3 is 0 Å². The number of carbonyl (C=O) groups is 1. The summed E-state index contributed by atoms with van der Waals surface area (Å²) in [6.07, 6.45) is 7.03. The summed E-state index contributed by atoms with van der Waals surface area (Å²) in [5, 5.41) is 6.60. The van der Waals surface area contributed by atoms with Gasteiger partial charge in [-0.1, -0.05) is 20.8 Å². The molecule has 0 aromatic rings. The third-order valence-electron chi connectivity index (χ3n) is 5.15. The van der Waals surface area contributed by atoms with Crippen LogP contribution in [-0.2, 0) is 4.79 Å². The first kappa shape index (κ1) is 15.8. The van der Waals surface area contributed by atoms with E-state index in [4.69, 9.17) is 0 Å². The number of amides is 1. The second kappa shape index (κ2) is 6.93. The van der Waals surface area contributed by atoms with Crippen molar-refractivity contribution in [2.45, 2.75) is 59.3 Å². The van der Waals surface area contributed by atoms with Crippen molar-refractivity contribution in [2.24, 2.45) is 23.2 Å². The van der Waals surface area contributed by atoms with Gasteiger partial charge < -0.3 is 10.6 Å². The number of nitrogens with one attached hydrogen (secondary N) is 2. The lowest BCUT2D eigenvalue weighted by Gasteiger charge is -2.28. The van der Waals surface area contributed by atoms with Crippen molar-refractivity contribution in [1.82, 2.24) is 10.6 Å². The average Bonchev–Trinajstić information content (AvgIpc) is 3.17. The maximum atomic E-state index is 12.1. The smallest absolute Gasteiger partial charge is 0.220 e. The SMILES string of the molecule is CC(C)CC1(CNC(=O)CC(C)C2CCNCC2)CC1. The summed E-state index contributed by atoms with van der Waals surface area (Å²) in [5.74, 6) is 2.26. The van der Waals surface area contributed by atoms with Gasteiger partial charge in [-0.3, -0.25) is 4.79 Å². The summed E-state index contributed by atoms with van der Waals surface area (Å²) in [5.41, 5.74) is 0.446. The van der Waals surface area contributed by atoms with E-state index in [1.807, 2.05) is 0 Å². The fourth-order valence-electron chi connectivity index (χ4n) is 3.73. The molecule has 1 saturated carbocycles. The van der Waals surface area contributed by atoms with Crippen LogP contribution in [0.5, 0.6) is 0 Å². The van der Waals surface area contributed by atoms with Gasteiger partial charge in [0.05, 0.1) is 0 Å². The fourth-order valence-corrected chi connectivity index (χ4v) is 3.73. The van der Waals surface area contributed by atoms with Crippen molar-refractivity contribution in [3.05, 3.63) is 0 Å². The van der Waals surface area contributed by atoms with E-state index in [1.165, 1.54) is 32.1 Å².